The fraction of sp³-hybridized carbons (Fsp3) is 0.300. The van der Waals surface area contributed by atoms with Crippen molar-refractivity contribution in [1.82, 2.24) is 9.88 Å². The third-order valence-corrected chi connectivity index (χ3v) is 5.84. The van der Waals surface area contributed by atoms with Crippen molar-refractivity contribution in [2.24, 2.45) is 0 Å². The van der Waals surface area contributed by atoms with E-state index in [1.807, 2.05) is 62.9 Å². The Morgan fingerprint density at radius 1 is 1.16 bits per heavy atom. The number of benzene rings is 1. The highest BCUT2D eigenvalue weighted by Gasteiger charge is 2.23. The van der Waals surface area contributed by atoms with Crippen LogP contribution >= 0.6 is 11.3 Å². The van der Waals surface area contributed by atoms with Gasteiger partial charge in [0.1, 0.15) is 9.71 Å². The average molecular weight is 353 g/mol. The molecule has 1 amide bonds. The summed E-state index contributed by atoms with van der Waals surface area (Å²) in [6.07, 6.45) is 0. The van der Waals surface area contributed by atoms with Crippen LogP contribution in [0, 0.1) is 20.8 Å². The number of nitrogens with two attached hydrogens (primary N) is 1. The number of hydrogen-bond acceptors (Lipinski definition) is 4. The summed E-state index contributed by atoms with van der Waals surface area (Å²) in [6.45, 7) is 9.28. The summed E-state index contributed by atoms with van der Waals surface area (Å²) in [7, 11) is 0. The van der Waals surface area contributed by atoms with E-state index >= 15 is 0 Å². The fourth-order valence-corrected chi connectivity index (χ4v) is 4.17. The van der Waals surface area contributed by atoms with Gasteiger partial charge in [0, 0.05) is 24.2 Å². The van der Waals surface area contributed by atoms with Crippen molar-refractivity contribution in [1.29, 1.82) is 0 Å². The van der Waals surface area contributed by atoms with Crippen LogP contribution in [0.25, 0.3) is 10.2 Å². The summed E-state index contributed by atoms with van der Waals surface area (Å²) in [5.41, 5.74) is 11.3. The third kappa shape index (κ3) is 3.12. The molecule has 0 saturated heterocycles. The van der Waals surface area contributed by atoms with Gasteiger partial charge in [0.05, 0.1) is 5.69 Å². The lowest BCUT2D eigenvalue weighted by Gasteiger charge is -2.20. The molecule has 130 valence electrons. The molecule has 0 fully saturated rings. The molecule has 5 heteroatoms. The average Bonchev–Trinajstić information content (AvgIpc) is 2.94. The molecule has 0 spiro atoms. The number of carbonyl (C=O) groups excluding carboxylic acids is 1. The molecule has 2 aromatic heterocycles. The minimum atomic E-state index is -0.0263. The Kier molecular flexibility index (Phi) is 4.77. The van der Waals surface area contributed by atoms with Gasteiger partial charge in [0.15, 0.2) is 0 Å². The van der Waals surface area contributed by atoms with Crippen LogP contribution in [0.1, 0.15) is 39.0 Å². The van der Waals surface area contributed by atoms with Crippen LogP contribution in [-0.4, -0.2) is 22.3 Å². The van der Waals surface area contributed by atoms with Gasteiger partial charge in [-0.1, -0.05) is 30.3 Å². The SMILES string of the molecule is CCN(Cc1ccccc1)C(=O)c1sc2nc(C)c(C)c(C)c2c1N. The van der Waals surface area contributed by atoms with Crippen LogP contribution < -0.4 is 5.73 Å². The Balaban J connectivity index is 2.01. The van der Waals surface area contributed by atoms with Gasteiger partial charge < -0.3 is 10.6 Å². The minimum absolute atomic E-state index is 0.0263. The van der Waals surface area contributed by atoms with Gasteiger partial charge in [0.25, 0.3) is 5.91 Å². The largest absolute Gasteiger partial charge is 0.397 e. The van der Waals surface area contributed by atoms with Crippen LogP contribution in [0.4, 0.5) is 5.69 Å². The van der Waals surface area contributed by atoms with Crippen LogP contribution in [-0.2, 0) is 6.54 Å². The number of aryl methyl sites for hydroxylation is 2. The second-order valence-electron chi connectivity index (χ2n) is 6.28. The number of amides is 1. The van der Waals surface area contributed by atoms with Crippen molar-refractivity contribution in [2.45, 2.75) is 34.2 Å². The first-order chi connectivity index (χ1) is 11.9. The van der Waals surface area contributed by atoms with Crippen molar-refractivity contribution in [3.05, 3.63) is 57.6 Å². The van der Waals surface area contributed by atoms with Crippen LogP contribution in [0.15, 0.2) is 30.3 Å². The van der Waals surface area contributed by atoms with E-state index in [9.17, 15) is 4.79 Å². The number of aromatic nitrogens is 1. The number of rotatable bonds is 4. The van der Waals surface area contributed by atoms with E-state index in [2.05, 4.69) is 4.98 Å². The number of fused-ring (bicyclic) bond motifs is 1. The highest BCUT2D eigenvalue weighted by atomic mass is 32.1. The monoisotopic (exact) mass is 353 g/mol. The summed E-state index contributed by atoms with van der Waals surface area (Å²) in [4.78, 5) is 21.0. The van der Waals surface area contributed by atoms with Gasteiger partial charge >= 0.3 is 0 Å². The second kappa shape index (κ2) is 6.84. The Morgan fingerprint density at radius 2 is 1.84 bits per heavy atom. The minimum Gasteiger partial charge on any atom is -0.397 e. The molecule has 0 saturated carbocycles. The molecule has 3 rings (SSSR count). The predicted molar refractivity (Wildman–Crippen MR) is 105 cm³/mol. The molecule has 0 aliphatic carbocycles. The summed E-state index contributed by atoms with van der Waals surface area (Å²) in [6, 6.07) is 10.0. The zero-order chi connectivity index (χ0) is 18.1. The topological polar surface area (TPSA) is 59.2 Å². The van der Waals surface area contributed by atoms with E-state index in [1.165, 1.54) is 11.3 Å². The Hall–Kier alpha value is -2.40. The molecule has 0 bridgehead atoms. The highest BCUT2D eigenvalue weighted by molar-refractivity contribution is 7.21. The maximum Gasteiger partial charge on any atom is 0.266 e. The Morgan fingerprint density at radius 3 is 2.48 bits per heavy atom. The summed E-state index contributed by atoms with van der Waals surface area (Å²) < 4.78 is 0. The smallest absolute Gasteiger partial charge is 0.266 e. The standard InChI is InChI=1S/C20H23N3OS/c1-5-23(11-15-9-7-6-8-10-15)20(24)18-17(21)16-13(3)12(2)14(4)22-19(16)25-18/h6-10H,5,11,21H2,1-4H3. The highest BCUT2D eigenvalue weighted by Crippen LogP contribution is 2.37. The lowest BCUT2D eigenvalue weighted by molar-refractivity contribution is 0.0758. The lowest BCUT2D eigenvalue weighted by atomic mass is 10.1. The van der Waals surface area contributed by atoms with E-state index in [0.717, 1.165) is 32.6 Å². The van der Waals surface area contributed by atoms with E-state index in [1.54, 1.807) is 0 Å². The van der Waals surface area contributed by atoms with Crippen LogP contribution in [0.2, 0.25) is 0 Å². The summed E-state index contributed by atoms with van der Waals surface area (Å²) in [5, 5.41) is 0.923. The second-order valence-corrected chi connectivity index (χ2v) is 7.28. The molecular weight excluding hydrogens is 330 g/mol. The molecule has 0 radical (unpaired) electrons. The van der Waals surface area contributed by atoms with Gasteiger partial charge in [-0.3, -0.25) is 4.79 Å². The van der Waals surface area contributed by atoms with E-state index in [4.69, 9.17) is 5.73 Å². The molecule has 25 heavy (non-hydrogen) atoms. The number of carbonyl (C=O) groups is 1. The van der Waals surface area contributed by atoms with E-state index < -0.39 is 0 Å². The quantitative estimate of drug-likeness (QED) is 0.753. The number of hydrogen-bond donors (Lipinski definition) is 1. The first kappa shape index (κ1) is 17.4. The summed E-state index contributed by atoms with van der Waals surface area (Å²) in [5.74, 6) is -0.0263. The molecule has 0 atom stereocenters. The number of nitrogen functional groups attached to an aromatic ring is 1. The van der Waals surface area contributed by atoms with E-state index in [0.29, 0.717) is 23.7 Å². The first-order valence-corrected chi connectivity index (χ1v) is 9.24. The number of thiophene rings is 1. The molecule has 4 nitrogen and oxygen atoms in total. The Labute approximate surface area is 152 Å². The van der Waals surface area contributed by atoms with Gasteiger partial charge in [-0.2, -0.15) is 0 Å². The first-order valence-electron chi connectivity index (χ1n) is 8.43. The van der Waals surface area contributed by atoms with Crippen molar-refractivity contribution >= 4 is 33.1 Å². The van der Waals surface area contributed by atoms with Gasteiger partial charge in [-0.25, -0.2) is 4.98 Å². The maximum absolute atomic E-state index is 13.1. The molecule has 0 aliphatic rings. The zero-order valence-electron chi connectivity index (χ0n) is 15.1. The van der Waals surface area contributed by atoms with E-state index in [-0.39, 0.29) is 5.91 Å². The summed E-state index contributed by atoms with van der Waals surface area (Å²) >= 11 is 1.40. The molecule has 3 aromatic rings. The third-order valence-electron chi connectivity index (χ3n) is 4.76. The van der Waals surface area contributed by atoms with Crippen molar-refractivity contribution < 1.29 is 4.79 Å². The molecule has 2 N–H and O–H groups in total. The van der Waals surface area contributed by atoms with Crippen molar-refractivity contribution in [3.8, 4) is 0 Å². The van der Waals surface area contributed by atoms with Crippen molar-refractivity contribution in [2.75, 3.05) is 12.3 Å². The molecule has 2 heterocycles. The van der Waals surface area contributed by atoms with Crippen molar-refractivity contribution in [3.63, 3.8) is 0 Å². The fourth-order valence-electron chi connectivity index (χ4n) is 3.00. The Bertz CT molecular complexity index is 931. The van der Waals surface area contributed by atoms with Gasteiger partial charge in [0.2, 0.25) is 0 Å². The number of pyridine rings is 1. The number of anilines is 1. The maximum atomic E-state index is 13.1. The lowest BCUT2D eigenvalue weighted by Crippen LogP contribution is -2.30. The normalized spacial score (nSPS) is 11.0. The molecule has 0 unspecified atom stereocenters. The molecular formula is C20H23N3OS. The predicted octanol–water partition coefficient (Wildman–Crippen LogP) is 4.47. The zero-order valence-corrected chi connectivity index (χ0v) is 15.9. The van der Waals surface area contributed by atoms with Gasteiger partial charge in [-0.05, 0) is 44.4 Å². The van der Waals surface area contributed by atoms with Gasteiger partial charge in [-0.15, -0.1) is 11.3 Å². The van der Waals surface area contributed by atoms with Crippen LogP contribution in [0.3, 0.4) is 0 Å². The number of nitrogens with zero attached hydrogens (tertiary/aromatic N) is 2. The molecule has 1 aromatic carbocycles. The molecule has 0 aliphatic heterocycles. The van der Waals surface area contributed by atoms with Crippen LogP contribution in [0.5, 0.6) is 0 Å².